The van der Waals surface area contributed by atoms with E-state index in [1.807, 2.05) is 62.0 Å². The first-order valence-corrected chi connectivity index (χ1v) is 23.5. The Kier molecular flexibility index (Phi) is 22.0. The van der Waals surface area contributed by atoms with E-state index in [1.54, 1.807) is 0 Å². The van der Waals surface area contributed by atoms with Crippen molar-refractivity contribution in [1.29, 1.82) is 0 Å². The molecule has 0 aliphatic rings. The molecule has 0 N–H and O–H groups in total. The normalized spacial score (nSPS) is 14.6. The van der Waals surface area contributed by atoms with Gasteiger partial charge in [-0.25, -0.2) is 0 Å². The minimum Gasteiger partial charge on any atom is -0.374 e. The summed E-state index contributed by atoms with van der Waals surface area (Å²) in [6, 6.07) is 2.42. The molecule has 32 heavy (non-hydrogen) atoms. The third kappa shape index (κ3) is 20.0. The second-order valence-corrected chi connectivity index (χ2v) is 24.3. The largest absolute Gasteiger partial charge is 0.501 e. The Morgan fingerprint density at radius 1 is 0.625 bits per heavy atom. The Morgan fingerprint density at radius 2 is 1.03 bits per heavy atom. The lowest BCUT2D eigenvalue weighted by atomic mass is 10.1. The lowest BCUT2D eigenvalue weighted by molar-refractivity contribution is 0.0672. The van der Waals surface area contributed by atoms with Crippen molar-refractivity contribution in [2.45, 2.75) is 105 Å². The SMILES string of the molecule is CCO[Si](CC(C)CCCCSSSSCCCCC(C)C[Si](C)(C)C)(OCC)OCC. The summed E-state index contributed by atoms with van der Waals surface area (Å²) in [5, 5.41) is 0. The summed E-state index contributed by atoms with van der Waals surface area (Å²) in [5.74, 6) is 4.04. The van der Waals surface area contributed by atoms with Crippen molar-refractivity contribution in [2.24, 2.45) is 11.8 Å². The van der Waals surface area contributed by atoms with Crippen LogP contribution in [0, 0.1) is 11.8 Å². The zero-order valence-corrected chi connectivity index (χ0v) is 27.5. The average Bonchev–Trinajstić information content (AvgIpc) is 2.68. The molecular formula is C23H52O3S4Si2. The maximum Gasteiger partial charge on any atom is 0.501 e. The molecule has 0 spiro atoms. The quantitative estimate of drug-likeness (QED) is 0.0697. The molecular weight excluding hydrogens is 509 g/mol. The molecule has 0 rings (SSSR count). The van der Waals surface area contributed by atoms with E-state index in [0.717, 1.165) is 12.0 Å². The fraction of sp³-hybridized carbons (Fsp3) is 1.00. The summed E-state index contributed by atoms with van der Waals surface area (Å²) in [6.07, 6.45) is 7.97. The molecule has 194 valence electrons. The van der Waals surface area contributed by atoms with Crippen molar-refractivity contribution >= 4 is 58.1 Å². The molecule has 9 heteroatoms. The molecule has 0 radical (unpaired) electrons. The van der Waals surface area contributed by atoms with Gasteiger partial charge in [0.05, 0.1) is 0 Å². The van der Waals surface area contributed by atoms with Crippen LogP contribution in [0.15, 0.2) is 0 Å². The third-order valence-electron chi connectivity index (χ3n) is 5.13. The van der Waals surface area contributed by atoms with E-state index < -0.39 is 16.9 Å². The predicted molar refractivity (Wildman–Crippen MR) is 160 cm³/mol. The Balaban J connectivity index is 3.68. The topological polar surface area (TPSA) is 27.7 Å². The predicted octanol–water partition coefficient (Wildman–Crippen LogP) is 9.66. The molecule has 0 fully saturated rings. The van der Waals surface area contributed by atoms with Gasteiger partial charge in [-0.3, -0.25) is 0 Å². The van der Waals surface area contributed by atoms with Gasteiger partial charge in [-0.1, -0.05) is 86.8 Å². The highest BCUT2D eigenvalue weighted by Crippen LogP contribution is 2.43. The van der Waals surface area contributed by atoms with Crippen LogP contribution >= 0.6 is 41.2 Å². The molecule has 0 aliphatic heterocycles. The highest BCUT2D eigenvalue weighted by Gasteiger charge is 2.41. The van der Waals surface area contributed by atoms with Crippen LogP contribution in [0.25, 0.3) is 0 Å². The Labute approximate surface area is 218 Å². The van der Waals surface area contributed by atoms with Crippen LogP contribution in [-0.4, -0.2) is 48.2 Å². The van der Waals surface area contributed by atoms with Gasteiger partial charge >= 0.3 is 8.80 Å². The van der Waals surface area contributed by atoms with Crippen LogP contribution in [0.3, 0.4) is 0 Å². The van der Waals surface area contributed by atoms with Gasteiger partial charge < -0.3 is 13.3 Å². The lowest BCUT2D eigenvalue weighted by Gasteiger charge is -2.30. The van der Waals surface area contributed by atoms with Crippen LogP contribution < -0.4 is 0 Å². The van der Waals surface area contributed by atoms with Gasteiger partial charge in [0.25, 0.3) is 0 Å². The Morgan fingerprint density at radius 3 is 1.41 bits per heavy atom. The number of unbranched alkanes of at least 4 members (excludes halogenated alkanes) is 2. The number of hydrogen-bond donors (Lipinski definition) is 0. The average molecular weight is 561 g/mol. The van der Waals surface area contributed by atoms with Gasteiger partial charge in [-0.2, -0.15) is 0 Å². The minimum absolute atomic E-state index is 0.586. The summed E-state index contributed by atoms with van der Waals surface area (Å²) in [5.41, 5.74) is 0. The fourth-order valence-corrected chi connectivity index (χ4v) is 15.6. The highest BCUT2D eigenvalue weighted by molar-refractivity contribution is 9.26. The highest BCUT2D eigenvalue weighted by atomic mass is 33.7. The summed E-state index contributed by atoms with van der Waals surface area (Å²) < 4.78 is 18.0. The van der Waals surface area contributed by atoms with Crippen LogP contribution in [-0.2, 0) is 13.3 Å². The van der Waals surface area contributed by atoms with E-state index in [1.165, 1.54) is 56.1 Å². The first kappa shape index (κ1) is 33.7. The monoisotopic (exact) mass is 560 g/mol. The summed E-state index contributed by atoms with van der Waals surface area (Å²) in [4.78, 5) is 0. The van der Waals surface area contributed by atoms with E-state index in [2.05, 4.69) is 33.5 Å². The van der Waals surface area contributed by atoms with Gasteiger partial charge in [0.1, 0.15) is 0 Å². The second-order valence-electron chi connectivity index (χ2n) is 9.93. The second kappa shape index (κ2) is 20.9. The van der Waals surface area contributed by atoms with Gasteiger partial charge in [-0.05, 0) is 65.1 Å². The Bertz CT molecular complexity index is 412. The first-order chi connectivity index (χ1) is 15.2. The van der Waals surface area contributed by atoms with Crippen LogP contribution in [0.5, 0.6) is 0 Å². The van der Waals surface area contributed by atoms with Gasteiger partial charge in [0.2, 0.25) is 0 Å². The smallest absolute Gasteiger partial charge is 0.374 e. The standard InChI is InChI=1S/C23H52O3S4Si2/c1-9-24-32(25-10-2,26-11-3)21-23(5)17-13-15-19-28-30-29-27-18-14-12-16-22(4)20-31(6,7)8/h22-23H,9-21H2,1-8H3. The van der Waals surface area contributed by atoms with Crippen LogP contribution in [0.2, 0.25) is 31.7 Å². The molecule has 0 aromatic heterocycles. The molecule has 2 atom stereocenters. The zero-order valence-electron chi connectivity index (χ0n) is 22.2. The third-order valence-corrected chi connectivity index (χ3v) is 17.1. The van der Waals surface area contributed by atoms with E-state index in [4.69, 9.17) is 13.3 Å². The van der Waals surface area contributed by atoms with Crippen LogP contribution in [0.1, 0.15) is 73.1 Å². The summed E-state index contributed by atoms with van der Waals surface area (Å²) >= 11 is 0. The molecule has 3 nitrogen and oxygen atoms in total. The van der Waals surface area contributed by atoms with Crippen molar-refractivity contribution in [1.82, 2.24) is 0 Å². The molecule has 0 aliphatic carbocycles. The molecule has 0 aromatic rings. The van der Waals surface area contributed by atoms with Crippen LogP contribution in [0.4, 0.5) is 0 Å². The molecule has 0 aromatic carbocycles. The van der Waals surface area contributed by atoms with E-state index in [0.29, 0.717) is 25.7 Å². The van der Waals surface area contributed by atoms with Crippen molar-refractivity contribution < 1.29 is 13.3 Å². The molecule has 2 unspecified atom stereocenters. The van der Waals surface area contributed by atoms with Crippen molar-refractivity contribution in [3.63, 3.8) is 0 Å². The van der Waals surface area contributed by atoms with E-state index in [-0.39, 0.29) is 0 Å². The molecule has 0 amide bonds. The van der Waals surface area contributed by atoms with Crippen molar-refractivity contribution in [3.05, 3.63) is 0 Å². The van der Waals surface area contributed by atoms with Crippen molar-refractivity contribution in [3.8, 4) is 0 Å². The number of hydrogen-bond acceptors (Lipinski definition) is 7. The zero-order chi connectivity index (χ0) is 24.3. The van der Waals surface area contributed by atoms with Crippen molar-refractivity contribution in [2.75, 3.05) is 31.3 Å². The Hall–Kier alpha value is 1.71. The van der Waals surface area contributed by atoms with E-state index >= 15 is 0 Å². The van der Waals surface area contributed by atoms with Gasteiger partial charge in [0, 0.05) is 45.4 Å². The summed E-state index contributed by atoms with van der Waals surface area (Å²) in [7, 11) is 4.62. The summed E-state index contributed by atoms with van der Waals surface area (Å²) in [6.45, 7) is 20.3. The molecule has 0 bridgehead atoms. The molecule has 0 saturated heterocycles. The first-order valence-electron chi connectivity index (χ1n) is 12.7. The maximum absolute atomic E-state index is 6.00. The fourth-order valence-electron chi connectivity index (χ4n) is 4.05. The van der Waals surface area contributed by atoms with E-state index in [9.17, 15) is 0 Å². The van der Waals surface area contributed by atoms with Gasteiger partial charge in [0.15, 0.2) is 0 Å². The molecule has 0 saturated carbocycles. The number of rotatable bonds is 23. The maximum atomic E-state index is 6.00. The molecule has 0 heterocycles. The lowest BCUT2D eigenvalue weighted by Crippen LogP contribution is -2.47. The van der Waals surface area contributed by atoms with Gasteiger partial charge in [-0.15, -0.1) is 0 Å². The minimum atomic E-state index is -2.49.